The van der Waals surface area contributed by atoms with Crippen molar-refractivity contribution in [1.29, 1.82) is 0 Å². The third-order valence-corrected chi connectivity index (χ3v) is 5.55. The molecule has 3 heterocycles. The minimum Gasteiger partial charge on any atom is -0.394 e. The van der Waals surface area contributed by atoms with Gasteiger partial charge in [0.1, 0.15) is 34.9 Å². The Morgan fingerprint density at radius 1 is 1.34 bits per heavy atom. The van der Waals surface area contributed by atoms with Crippen LogP contribution in [0.25, 0.3) is 22.2 Å². The van der Waals surface area contributed by atoms with Gasteiger partial charge in [0.2, 0.25) is 5.91 Å². The van der Waals surface area contributed by atoms with Crippen LogP contribution in [0.15, 0.2) is 42.9 Å². The SMILES string of the molecule is CC(=O)Nc1ncnc2c1c(-c1ccccc1)cn2[C@@H]1OC(CO)C(O)[C@@]1(C)Cl. The highest BCUT2D eigenvalue weighted by Crippen LogP contribution is 2.46. The van der Waals surface area contributed by atoms with Crippen molar-refractivity contribution in [2.75, 3.05) is 11.9 Å². The zero-order valence-corrected chi connectivity index (χ0v) is 16.7. The average molecular weight is 417 g/mol. The van der Waals surface area contributed by atoms with Gasteiger partial charge in [-0.05, 0) is 12.5 Å². The van der Waals surface area contributed by atoms with Crippen LogP contribution in [0.5, 0.6) is 0 Å². The number of alkyl halides is 1. The van der Waals surface area contributed by atoms with Gasteiger partial charge in [0.05, 0.1) is 12.0 Å². The Bertz CT molecular complexity index is 1050. The van der Waals surface area contributed by atoms with E-state index in [-0.39, 0.29) is 12.5 Å². The number of hydrogen-bond acceptors (Lipinski definition) is 6. The van der Waals surface area contributed by atoms with Crippen LogP contribution >= 0.6 is 11.6 Å². The molecule has 1 aromatic carbocycles. The first-order valence-corrected chi connectivity index (χ1v) is 9.54. The number of aromatic nitrogens is 3. The molecule has 0 bridgehead atoms. The fraction of sp³-hybridized carbons (Fsp3) is 0.350. The summed E-state index contributed by atoms with van der Waals surface area (Å²) in [6.45, 7) is 2.70. The Morgan fingerprint density at radius 3 is 2.69 bits per heavy atom. The van der Waals surface area contributed by atoms with Gasteiger partial charge in [-0.1, -0.05) is 30.3 Å². The van der Waals surface area contributed by atoms with E-state index in [1.165, 1.54) is 13.3 Å². The molecule has 1 fully saturated rings. The zero-order valence-electron chi connectivity index (χ0n) is 15.9. The third-order valence-electron chi connectivity index (χ3n) is 5.14. The quantitative estimate of drug-likeness (QED) is 0.563. The van der Waals surface area contributed by atoms with Gasteiger partial charge in [-0.25, -0.2) is 9.97 Å². The van der Waals surface area contributed by atoms with Crippen LogP contribution < -0.4 is 5.32 Å². The van der Waals surface area contributed by atoms with Crippen molar-refractivity contribution < 1.29 is 19.7 Å². The lowest BCUT2D eigenvalue weighted by molar-refractivity contribution is -0.114. The number of aliphatic hydroxyl groups is 2. The number of aliphatic hydroxyl groups excluding tert-OH is 2. The van der Waals surface area contributed by atoms with E-state index >= 15 is 0 Å². The second-order valence-electron chi connectivity index (χ2n) is 7.22. The molecule has 2 aromatic heterocycles. The molecule has 1 aliphatic heterocycles. The molecule has 0 aliphatic carbocycles. The highest BCUT2D eigenvalue weighted by molar-refractivity contribution is 6.24. The second kappa shape index (κ2) is 7.38. The van der Waals surface area contributed by atoms with Crippen molar-refractivity contribution in [1.82, 2.24) is 14.5 Å². The van der Waals surface area contributed by atoms with Crippen LogP contribution in [-0.4, -0.2) is 54.3 Å². The topological polar surface area (TPSA) is 110 Å². The minimum atomic E-state index is -1.20. The summed E-state index contributed by atoms with van der Waals surface area (Å²) in [7, 11) is 0. The molecule has 4 rings (SSSR count). The molecule has 3 aromatic rings. The highest BCUT2D eigenvalue weighted by atomic mass is 35.5. The second-order valence-corrected chi connectivity index (χ2v) is 8.04. The Balaban J connectivity index is 1.96. The number of anilines is 1. The van der Waals surface area contributed by atoms with Gasteiger partial charge in [0, 0.05) is 18.7 Å². The molecule has 0 spiro atoms. The monoisotopic (exact) mass is 416 g/mol. The van der Waals surface area contributed by atoms with Crippen LogP contribution in [0.4, 0.5) is 5.82 Å². The smallest absolute Gasteiger partial charge is 0.222 e. The van der Waals surface area contributed by atoms with Crippen LogP contribution in [0.1, 0.15) is 20.1 Å². The number of hydrogen-bond donors (Lipinski definition) is 3. The summed E-state index contributed by atoms with van der Waals surface area (Å²) in [5, 5.41) is 23.4. The molecule has 8 nitrogen and oxygen atoms in total. The first-order valence-electron chi connectivity index (χ1n) is 9.16. The number of rotatable bonds is 4. The molecule has 0 saturated carbocycles. The van der Waals surface area contributed by atoms with Crippen molar-refractivity contribution in [2.24, 2.45) is 0 Å². The molecule has 1 saturated heterocycles. The molecule has 29 heavy (non-hydrogen) atoms. The van der Waals surface area contributed by atoms with Gasteiger partial charge < -0.3 is 24.8 Å². The van der Waals surface area contributed by atoms with Crippen molar-refractivity contribution in [3.8, 4) is 11.1 Å². The Kier molecular flexibility index (Phi) is 5.04. The molecule has 2 unspecified atom stereocenters. The summed E-state index contributed by atoms with van der Waals surface area (Å²) in [5.41, 5.74) is 2.17. The molecule has 1 amide bonds. The van der Waals surface area contributed by atoms with E-state index in [4.69, 9.17) is 16.3 Å². The summed E-state index contributed by atoms with van der Waals surface area (Å²) >= 11 is 6.65. The van der Waals surface area contributed by atoms with Crippen molar-refractivity contribution in [3.05, 3.63) is 42.9 Å². The molecule has 9 heteroatoms. The largest absolute Gasteiger partial charge is 0.394 e. The number of amides is 1. The Morgan fingerprint density at radius 2 is 2.07 bits per heavy atom. The van der Waals surface area contributed by atoms with Gasteiger partial charge in [-0.2, -0.15) is 0 Å². The molecule has 0 radical (unpaired) electrons. The highest BCUT2D eigenvalue weighted by Gasteiger charge is 2.53. The lowest BCUT2D eigenvalue weighted by Gasteiger charge is -2.26. The number of fused-ring (bicyclic) bond motifs is 1. The fourth-order valence-electron chi connectivity index (χ4n) is 3.72. The molecular weight excluding hydrogens is 396 g/mol. The van der Waals surface area contributed by atoms with Crippen molar-refractivity contribution >= 4 is 34.4 Å². The summed E-state index contributed by atoms with van der Waals surface area (Å²) in [5.74, 6) is 0.112. The van der Waals surface area contributed by atoms with E-state index < -0.39 is 23.3 Å². The van der Waals surface area contributed by atoms with Crippen molar-refractivity contribution in [3.63, 3.8) is 0 Å². The van der Waals surface area contributed by atoms with E-state index in [0.717, 1.165) is 11.1 Å². The van der Waals surface area contributed by atoms with Crippen molar-refractivity contribution in [2.45, 2.75) is 37.2 Å². The number of nitrogens with zero attached hydrogens (tertiary/aromatic N) is 3. The Hall–Kier alpha value is -2.52. The first kappa shape index (κ1) is 19.8. The Labute approximate surface area is 172 Å². The zero-order chi connectivity index (χ0) is 20.8. The van der Waals surface area contributed by atoms with E-state index in [1.54, 1.807) is 11.5 Å². The van der Waals surface area contributed by atoms with E-state index in [2.05, 4.69) is 15.3 Å². The lowest BCUT2D eigenvalue weighted by Crippen LogP contribution is -2.39. The van der Waals surface area contributed by atoms with Gasteiger partial charge >= 0.3 is 0 Å². The number of benzene rings is 1. The van der Waals surface area contributed by atoms with E-state index in [0.29, 0.717) is 16.9 Å². The molecule has 3 N–H and O–H groups in total. The van der Waals surface area contributed by atoms with E-state index in [1.807, 2.05) is 36.5 Å². The third kappa shape index (κ3) is 3.28. The molecule has 152 valence electrons. The average Bonchev–Trinajstić information content (AvgIpc) is 3.18. The standard InChI is InChI=1S/C20H21ClN4O4/c1-11(27)24-17-15-13(12-6-4-3-5-7-12)8-25(18(15)23-10-22-17)19-20(2,21)16(28)14(9-26)29-19/h3-8,10,14,16,19,26,28H,9H2,1-2H3,(H,22,23,24,27)/t14?,16?,19-,20-/m1/s1. The number of ether oxygens (including phenoxy) is 1. The van der Waals surface area contributed by atoms with Crippen LogP contribution in [0.3, 0.4) is 0 Å². The maximum Gasteiger partial charge on any atom is 0.222 e. The summed E-state index contributed by atoms with van der Waals surface area (Å²) < 4.78 is 7.60. The van der Waals surface area contributed by atoms with Crippen LogP contribution in [0.2, 0.25) is 0 Å². The number of nitrogens with one attached hydrogen (secondary N) is 1. The summed E-state index contributed by atoms with van der Waals surface area (Å²) in [6, 6.07) is 9.59. The first-order chi connectivity index (χ1) is 13.8. The number of carbonyl (C=O) groups excluding carboxylic acids is 1. The van der Waals surface area contributed by atoms with Gasteiger partial charge in [-0.3, -0.25) is 4.79 Å². The maximum absolute atomic E-state index is 11.7. The predicted octanol–water partition coefficient (Wildman–Crippen LogP) is 2.30. The normalized spacial score (nSPS) is 26.7. The van der Waals surface area contributed by atoms with Gasteiger partial charge in [0.25, 0.3) is 0 Å². The predicted molar refractivity (Wildman–Crippen MR) is 109 cm³/mol. The maximum atomic E-state index is 11.7. The summed E-state index contributed by atoms with van der Waals surface area (Å²) in [6.07, 6.45) is 0.471. The molecule has 4 atom stereocenters. The van der Waals surface area contributed by atoms with Crippen LogP contribution in [0, 0.1) is 0 Å². The van der Waals surface area contributed by atoms with Crippen LogP contribution in [-0.2, 0) is 9.53 Å². The minimum absolute atomic E-state index is 0.258. The molecular formula is C20H21ClN4O4. The van der Waals surface area contributed by atoms with Gasteiger partial charge in [-0.15, -0.1) is 11.6 Å². The number of carbonyl (C=O) groups is 1. The molecule has 1 aliphatic rings. The summed E-state index contributed by atoms with van der Waals surface area (Å²) in [4.78, 5) is 19.1. The number of halogens is 1. The lowest BCUT2D eigenvalue weighted by atomic mass is 10.0. The van der Waals surface area contributed by atoms with Gasteiger partial charge in [0.15, 0.2) is 6.23 Å². The van der Waals surface area contributed by atoms with E-state index in [9.17, 15) is 15.0 Å². The fourth-order valence-corrected chi connectivity index (χ4v) is 4.02.